The van der Waals surface area contributed by atoms with Gasteiger partial charge in [0, 0.05) is 30.7 Å². The molecule has 0 unspecified atom stereocenters. The summed E-state index contributed by atoms with van der Waals surface area (Å²) in [7, 11) is 1.89. The third-order valence-corrected chi connectivity index (χ3v) is 3.69. The van der Waals surface area contributed by atoms with Crippen molar-refractivity contribution in [1.29, 1.82) is 0 Å². The Morgan fingerprint density at radius 2 is 1.90 bits per heavy atom. The summed E-state index contributed by atoms with van der Waals surface area (Å²) in [6.45, 7) is 9.68. The molecule has 4 heteroatoms. The quantitative estimate of drug-likeness (QED) is 0.911. The van der Waals surface area contributed by atoms with E-state index in [0.717, 1.165) is 17.8 Å². The Hall–Kier alpha value is -1.55. The molecule has 0 radical (unpaired) electrons. The van der Waals surface area contributed by atoms with E-state index >= 15 is 0 Å². The lowest BCUT2D eigenvalue weighted by Gasteiger charge is -2.16. The zero-order valence-electron chi connectivity index (χ0n) is 13.1. The van der Waals surface area contributed by atoms with E-state index in [-0.39, 0.29) is 6.61 Å². The van der Waals surface area contributed by atoms with Gasteiger partial charge in [-0.2, -0.15) is 5.10 Å². The molecule has 0 bridgehead atoms. The lowest BCUT2D eigenvalue weighted by atomic mass is 9.97. The fourth-order valence-electron chi connectivity index (χ4n) is 2.83. The van der Waals surface area contributed by atoms with Gasteiger partial charge in [-0.1, -0.05) is 27.7 Å². The van der Waals surface area contributed by atoms with Crippen LogP contribution in [0.1, 0.15) is 62.0 Å². The van der Waals surface area contributed by atoms with Gasteiger partial charge in [-0.25, -0.2) is 0 Å². The molecule has 2 aromatic rings. The van der Waals surface area contributed by atoms with E-state index in [2.05, 4.69) is 49.6 Å². The topological polar surface area (TPSA) is 43.0 Å². The molecule has 2 aromatic heterocycles. The maximum Gasteiger partial charge on any atom is 0.0928 e. The number of aliphatic hydroxyl groups excluding tert-OH is 1. The highest BCUT2D eigenvalue weighted by molar-refractivity contribution is 5.30. The summed E-state index contributed by atoms with van der Waals surface area (Å²) in [5.41, 5.74) is 4.65. The lowest BCUT2D eigenvalue weighted by molar-refractivity contribution is 0.274. The van der Waals surface area contributed by atoms with Gasteiger partial charge >= 0.3 is 0 Å². The summed E-state index contributed by atoms with van der Waals surface area (Å²) in [5, 5.41) is 13.7. The minimum atomic E-state index is -0.00844. The molecule has 0 aromatic carbocycles. The van der Waals surface area contributed by atoms with Crippen molar-refractivity contribution in [2.75, 3.05) is 0 Å². The Kier molecular flexibility index (Phi) is 4.33. The molecular weight excluding hydrogens is 250 g/mol. The van der Waals surface area contributed by atoms with Crippen molar-refractivity contribution in [3.8, 4) is 0 Å². The minimum absolute atomic E-state index is 0.00844. The smallest absolute Gasteiger partial charge is 0.0928 e. The van der Waals surface area contributed by atoms with Crippen molar-refractivity contribution in [3.05, 3.63) is 41.0 Å². The standard InChI is InChI=1S/C16H25N3O/c1-11(2)14-6-7-19(16(14)12(3)4)9-13-8-18(5)17-15(13)10-20/h6-8,11-12,20H,9-10H2,1-5H3. The van der Waals surface area contributed by atoms with E-state index in [1.165, 1.54) is 11.3 Å². The molecule has 4 nitrogen and oxygen atoms in total. The van der Waals surface area contributed by atoms with Crippen molar-refractivity contribution in [2.24, 2.45) is 7.05 Å². The molecule has 20 heavy (non-hydrogen) atoms. The summed E-state index contributed by atoms with van der Waals surface area (Å²) in [4.78, 5) is 0. The predicted molar refractivity (Wildman–Crippen MR) is 80.8 cm³/mol. The highest BCUT2D eigenvalue weighted by Crippen LogP contribution is 2.28. The average Bonchev–Trinajstić information content (AvgIpc) is 2.93. The van der Waals surface area contributed by atoms with Crippen molar-refractivity contribution in [2.45, 2.75) is 52.7 Å². The van der Waals surface area contributed by atoms with Gasteiger partial charge in [0.25, 0.3) is 0 Å². The zero-order chi connectivity index (χ0) is 14.9. The maximum atomic E-state index is 9.40. The van der Waals surface area contributed by atoms with Crippen LogP contribution in [-0.2, 0) is 20.2 Å². The first-order valence-corrected chi connectivity index (χ1v) is 7.25. The van der Waals surface area contributed by atoms with Crippen LogP contribution in [0.25, 0.3) is 0 Å². The molecule has 0 saturated carbocycles. The van der Waals surface area contributed by atoms with E-state index in [1.54, 1.807) is 4.68 Å². The molecule has 0 spiro atoms. The molecular formula is C16H25N3O. The van der Waals surface area contributed by atoms with Crippen LogP contribution >= 0.6 is 0 Å². The normalized spacial score (nSPS) is 11.8. The van der Waals surface area contributed by atoms with Gasteiger partial charge in [0.05, 0.1) is 18.8 Å². The van der Waals surface area contributed by atoms with Crippen LogP contribution in [0.4, 0.5) is 0 Å². The fourth-order valence-corrected chi connectivity index (χ4v) is 2.83. The molecule has 1 N–H and O–H groups in total. The van der Waals surface area contributed by atoms with Gasteiger partial charge in [-0.05, 0) is 23.5 Å². The number of nitrogens with zero attached hydrogens (tertiary/aromatic N) is 3. The largest absolute Gasteiger partial charge is 0.390 e. The average molecular weight is 275 g/mol. The van der Waals surface area contributed by atoms with Crippen LogP contribution < -0.4 is 0 Å². The zero-order valence-corrected chi connectivity index (χ0v) is 13.1. The highest BCUT2D eigenvalue weighted by Gasteiger charge is 2.16. The third-order valence-electron chi connectivity index (χ3n) is 3.69. The van der Waals surface area contributed by atoms with E-state index in [9.17, 15) is 5.11 Å². The summed E-state index contributed by atoms with van der Waals surface area (Å²) < 4.78 is 4.05. The third kappa shape index (κ3) is 2.80. The number of rotatable bonds is 5. The second-order valence-corrected chi connectivity index (χ2v) is 6.03. The number of hydrogen-bond acceptors (Lipinski definition) is 2. The number of hydrogen-bond donors (Lipinski definition) is 1. The number of aryl methyl sites for hydroxylation is 1. The van der Waals surface area contributed by atoms with Crippen molar-refractivity contribution in [1.82, 2.24) is 14.3 Å². The Morgan fingerprint density at radius 3 is 2.45 bits per heavy atom. The molecule has 0 saturated heterocycles. The van der Waals surface area contributed by atoms with E-state index in [4.69, 9.17) is 0 Å². The summed E-state index contributed by atoms with van der Waals surface area (Å²) in [5.74, 6) is 1.01. The van der Waals surface area contributed by atoms with Crippen LogP contribution in [0.3, 0.4) is 0 Å². The number of aromatic nitrogens is 3. The Balaban J connectivity index is 2.38. The molecule has 0 fully saturated rings. The molecule has 110 valence electrons. The van der Waals surface area contributed by atoms with E-state index in [1.807, 2.05) is 13.2 Å². The van der Waals surface area contributed by atoms with Crippen LogP contribution in [0.2, 0.25) is 0 Å². The van der Waals surface area contributed by atoms with Crippen LogP contribution in [0.15, 0.2) is 18.5 Å². The molecule has 0 aliphatic heterocycles. The van der Waals surface area contributed by atoms with Crippen LogP contribution in [0.5, 0.6) is 0 Å². The van der Waals surface area contributed by atoms with Gasteiger partial charge in [-0.15, -0.1) is 0 Å². The summed E-state index contributed by atoms with van der Waals surface area (Å²) >= 11 is 0. The Morgan fingerprint density at radius 1 is 1.20 bits per heavy atom. The summed E-state index contributed by atoms with van der Waals surface area (Å²) in [6.07, 6.45) is 4.14. The van der Waals surface area contributed by atoms with Gasteiger partial charge in [-0.3, -0.25) is 4.68 Å². The van der Waals surface area contributed by atoms with Crippen LogP contribution in [-0.4, -0.2) is 19.5 Å². The fraction of sp³-hybridized carbons (Fsp3) is 0.562. The van der Waals surface area contributed by atoms with Gasteiger partial charge < -0.3 is 9.67 Å². The molecule has 2 rings (SSSR count). The minimum Gasteiger partial charge on any atom is -0.390 e. The molecule has 0 aliphatic carbocycles. The second kappa shape index (κ2) is 5.83. The summed E-state index contributed by atoms with van der Waals surface area (Å²) in [6, 6.07) is 2.22. The molecule has 2 heterocycles. The van der Waals surface area contributed by atoms with Gasteiger partial charge in [0.1, 0.15) is 0 Å². The highest BCUT2D eigenvalue weighted by atomic mass is 16.3. The first-order valence-electron chi connectivity index (χ1n) is 7.25. The Labute approximate surface area is 121 Å². The van der Waals surface area contributed by atoms with E-state index in [0.29, 0.717) is 11.8 Å². The molecule has 0 atom stereocenters. The number of aliphatic hydroxyl groups is 1. The van der Waals surface area contributed by atoms with Crippen molar-refractivity contribution in [3.63, 3.8) is 0 Å². The van der Waals surface area contributed by atoms with Gasteiger partial charge in [0.15, 0.2) is 0 Å². The van der Waals surface area contributed by atoms with E-state index < -0.39 is 0 Å². The predicted octanol–water partition coefficient (Wildman–Crippen LogP) is 3.01. The van der Waals surface area contributed by atoms with Crippen LogP contribution in [0, 0.1) is 0 Å². The molecule has 0 aliphatic rings. The maximum absolute atomic E-state index is 9.40. The van der Waals surface area contributed by atoms with Gasteiger partial charge in [0.2, 0.25) is 0 Å². The first-order chi connectivity index (χ1) is 9.43. The monoisotopic (exact) mass is 275 g/mol. The second-order valence-electron chi connectivity index (χ2n) is 6.03. The Bertz CT molecular complexity index is 579. The van der Waals surface area contributed by atoms with Crippen molar-refractivity contribution >= 4 is 0 Å². The van der Waals surface area contributed by atoms with Crippen molar-refractivity contribution < 1.29 is 5.11 Å². The first kappa shape index (κ1) is 14.9. The SMILES string of the molecule is CC(C)c1ccn(Cc2cn(C)nc2CO)c1C(C)C. The molecule has 0 amide bonds. The lowest BCUT2D eigenvalue weighted by Crippen LogP contribution is -2.08.